The van der Waals surface area contributed by atoms with Crippen LogP contribution in [0.2, 0.25) is 0 Å². The van der Waals surface area contributed by atoms with Gasteiger partial charge in [-0.3, -0.25) is 4.98 Å². The Hall–Kier alpha value is -2.73. The van der Waals surface area contributed by atoms with E-state index in [1.165, 1.54) is 30.2 Å². The number of hydrogen-bond donors (Lipinski definition) is 0. The lowest BCUT2D eigenvalue weighted by Gasteiger charge is -2.23. The number of pyridine rings is 1. The van der Waals surface area contributed by atoms with Crippen LogP contribution in [-0.4, -0.2) is 34.3 Å². The lowest BCUT2D eigenvalue weighted by atomic mass is 9.95. The van der Waals surface area contributed by atoms with Crippen molar-refractivity contribution in [1.29, 1.82) is 0 Å². The van der Waals surface area contributed by atoms with Gasteiger partial charge in [0.25, 0.3) is 0 Å². The summed E-state index contributed by atoms with van der Waals surface area (Å²) < 4.78 is 16.1. The topological polar surface area (TPSA) is 41.9 Å². The van der Waals surface area contributed by atoms with Crippen LogP contribution in [0, 0.1) is 5.82 Å². The molecule has 1 saturated heterocycles. The van der Waals surface area contributed by atoms with Crippen molar-refractivity contribution in [3.8, 4) is 11.3 Å². The van der Waals surface area contributed by atoms with Crippen molar-refractivity contribution in [2.24, 2.45) is 0 Å². The molecular formula is C26H27FN4S. The Kier molecular flexibility index (Phi) is 5.96. The molecular weight excluding hydrogens is 419 g/mol. The molecule has 0 atom stereocenters. The third kappa shape index (κ3) is 3.71. The SMILES string of the molecule is CCc1cccc2cccc(-c3ncc4c(N5CCCCCC5)nc(SC)nc4c3F)c12. The fourth-order valence-corrected chi connectivity index (χ4v) is 5.10. The first-order chi connectivity index (χ1) is 15.7. The number of halogens is 1. The minimum absolute atomic E-state index is 0.358. The van der Waals surface area contributed by atoms with Crippen LogP contribution in [-0.2, 0) is 6.42 Å². The summed E-state index contributed by atoms with van der Waals surface area (Å²) in [7, 11) is 0. The van der Waals surface area contributed by atoms with Crippen molar-refractivity contribution >= 4 is 39.3 Å². The van der Waals surface area contributed by atoms with Crippen LogP contribution in [0.25, 0.3) is 32.9 Å². The van der Waals surface area contributed by atoms with Crippen molar-refractivity contribution in [3.63, 3.8) is 0 Å². The summed E-state index contributed by atoms with van der Waals surface area (Å²) in [5, 5.41) is 3.46. The quantitative estimate of drug-likeness (QED) is 0.259. The Morgan fingerprint density at radius 2 is 1.75 bits per heavy atom. The Morgan fingerprint density at radius 3 is 2.47 bits per heavy atom. The zero-order chi connectivity index (χ0) is 22.1. The second-order valence-corrected chi connectivity index (χ2v) is 9.07. The summed E-state index contributed by atoms with van der Waals surface area (Å²) in [6.07, 6.45) is 9.30. The maximum Gasteiger partial charge on any atom is 0.189 e. The molecule has 0 radical (unpaired) electrons. The zero-order valence-electron chi connectivity index (χ0n) is 18.6. The summed E-state index contributed by atoms with van der Waals surface area (Å²) in [6, 6.07) is 12.2. The second kappa shape index (κ2) is 9.02. The van der Waals surface area contributed by atoms with Gasteiger partial charge in [-0.15, -0.1) is 0 Å². The second-order valence-electron chi connectivity index (χ2n) is 8.29. The first kappa shape index (κ1) is 21.1. The normalized spacial score (nSPS) is 14.8. The molecule has 5 rings (SSSR count). The Morgan fingerprint density at radius 1 is 1.00 bits per heavy atom. The maximum absolute atomic E-state index is 16.1. The van der Waals surface area contributed by atoms with E-state index in [4.69, 9.17) is 4.98 Å². The van der Waals surface area contributed by atoms with Crippen LogP contribution >= 0.6 is 11.8 Å². The third-order valence-electron chi connectivity index (χ3n) is 6.36. The molecule has 4 aromatic rings. The van der Waals surface area contributed by atoms with Gasteiger partial charge < -0.3 is 4.90 Å². The average Bonchev–Trinajstić information content (AvgIpc) is 3.12. The molecule has 2 aromatic heterocycles. The predicted octanol–water partition coefficient (Wildman–Crippen LogP) is 6.65. The molecule has 6 heteroatoms. The Bertz CT molecular complexity index is 1280. The highest BCUT2D eigenvalue weighted by Gasteiger charge is 2.22. The van der Waals surface area contributed by atoms with Gasteiger partial charge in [0.05, 0.1) is 5.39 Å². The zero-order valence-corrected chi connectivity index (χ0v) is 19.4. The smallest absolute Gasteiger partial charge is 0.189 e. The van der Waals surface area contributed by atoms with E-state index in [1.807, 2.05) is 18.4 Å². The molecule has 32 heavy (non-hydrogen) atoms. The van der Waals surface area contributed by atoms with E-state index in [0.29, 0.717) is 21.8 Å². The molecule has 0 spiro atoms. The molecule has 0 aliphatic carbocycles. The first-order valence-corrected chi connectivity index (χ1v) is 12.6. The van der Waals surface area contributed by atoms with Crippen LogP contribution in [0.5, 0.6) is 0 Å². The number of aryl methyl sites for hydroxylation is 1. The highest BCUT2D eigenvalue weighted by molar-refractivity contribution is 7.98. The Labute approximate surface area is 192 Å². The number of fused-ring (bicyclic) bond motifs is 2. The number of aromatic nitrogens is 3. The summed E-state index contributed by atoms with van der Waals surface area (Å²) in [5.74, 6) is 0.445. The number of rotatable bonds is 4. The standard InChI is InChI=1S/C26H27FN4S/c1-3-17-10-8-11-18-12-9-13-19(21(17)18)23-22(27)24-20(16-28-23)25(30-26(29-24)32-2)31-14-6-4-5-7-15-31/h8-13,16H,3-7,14-15H2,1-2H3. The van der Waals surface area contributed by atoms with Gasteiger partial charge in [-0.1, -0.05) is 67.9 Å². The van der Waals surface area contributed by atoms with Gasteiger partial charge in [0.1, 0.15) is 17.0 Å². The van der Waals surface area contributed by atoms with E-state index in [0.717, 1.165) is 54.5 Å². The molecule has 4 nitrogen and oxygen atoms in total. The third-order valence-corrected chi connectivity index (χ3v) is 6.91. The van der Waals surface area contributed by atoms with Gasteiger partial charge in [-0.2, -0.15) is 0 Å². The molecule has 0 amide bonds. The number of thioether (sulfide) groups is 1. The minimum Gasteiger partial charge on any atom is -0.356 e. The number of hydrogen-bond acceptors (Lipinski definition) is 5. The number of anilines is 1. The van der Waals surface area contributed by atoms with E-state index in [1.54, 1.807) is 6.20 Å². The summed E-state index contributed by atoms with van der Waals surface area (Å²) in [4.78, 5) is 16.3. The lowest BCUT2D eigenvalue weighted by Crippen LogP contribution is -2.25. The van der Waals surface area contributed by atoms with E-state index < -0.39 is 0 Å². The summed E-state index contributed by atoms with van der Waals surface area (Å²) in [5.41, 5.74) is 2.73. The largest absolute Gasteiger partial charge is 0.356 e. The average molecular weight is 447 g/mol. The van der Waals surface area contributed by atoms with Gasteiger partial charge in [-0.25, -0.2) is 14.4 Å². The van der Waals surface area contributed by atoms with Crippen LogP contribution in [0.15, 0.2) is 47.8 Å². The highest BCUT2D eigenvalue weighted by atomic mass is 32.2. The van der Waals surface area contributed by atoms with E-state index in [-0.39, 0.29) is 5.82 Å². The molecule has 0 N–H and O–H groups in total. The van der Waals surface area contributed by atoms with Crippen molar-refractivity contribution in [1.82, 2.24) is 15.0 Å². The monoisotopic (exact) mass is 446 g/mol. The minimum atomic E-state index is -0.366. The summed E-state index contributed by atoms with van der Waals surface area (Å²) >= 11 is 1.45. The van der Waals surface area contributed by atoms with Crippen LogP contribution in [0.4, 0.5) is 10.2 Å². The van der Waals surface area contributed by atoms with Crippen molar-refractivity contribution < 1.29 is 4.39 Å². The molecule has 1 aliphatic heterocycles. The van der Waals surface area contributed by atoms with Crippen molar-refractivity contribution in [2.75, 3.05) is 24.2 Å². The summed E-state index contributed by atoms with van der Waals surface area (Å²) in [6.45, 7) is 4.00. The highest BCUT2D eigenvalue weighted by Crippen LogP contribution is 2.36. The fraction of sp³-hybridized carbons (Fsp3) is 0.346. The molecule has 1 fully saturated rings. The van der Waals surface area contributed by atoms with Crippen LogP contribution in [0.3, 0.4) is 0 Å². The Balaban J connectivity index is 1.74. The van der Waals surface area contributed by atoms with Crippen LogP contribution in [0.1, 0.15) is 38.2 Å². The lowest BCUT2D eigenvalue weighted by molar-refractivity contribution is 0.633. The van der Waals surface area contributed by atoms with Gasteiger partial charge in [0, 0.05) is 24.8 Å². The van der Waals surface area contributed by atoms with Crippen molar-refractivity contribution in [2.45, 2.75) is 44.2 Å². The molecule has 3 heterocycles. The van der Waals surface area contributed by atoms with E-state index >= 15 is 4.39 Å². The van der Waals surface area contributed by atoms with Gasteiger partial charge >= 0.3 is 0 Å². The fourth-order valence-electron chi connectivity index (χ4n) is 4.73. The first-order valence-electron chi connectivity index (χ1n) is 11.4. The van der Waals surface area contributed by atoms with Gasteiger partial charge in [-0.05, 0) is 41.9 Å². The van der Waals surface area contributed by atoms with Gasteiger partial charge in [0.15, 0.2) is 11.0 Å². The molecule has 0 bridgehead atoms. The van der Waals surface area contributed by atoms with E-state index in [9.17, 15) is 0 Å². The van der Waals surface area contributed by atoms with Gasteiger partial charge in [0.2, 0.25) is 0 Å². The maximum atomic E-state index is 16.1. The molecule has 0 saturated carbocycles. The molecule has 1 aliphatic rings. The van der Waals surface area contributed by atoms with Crippen LogP contribution < -0.4 is 4.90 Å². The molecule has 0 unspecified atom stereocenters. The van der Waals surface area contributed by atoms with E-state index in [2.05, 4.69) is 46.1 Å². The predicted molar refractivity (Wildman–Crippen MR) is 132 cm³/mol. The number of benzene rings is 2. The molecule has 164 valence electrons. The molecule has 2 aromatic carbocycles. The number of nitrogens with zero attached hydrogens (tertiary/aromatic N) is 4. The van der Waals surface area contributed by atoms with Crippen molar-refractivity contribution in [3.05, 3.63) is 54.0 Å².